The summed E-state index contributed by atoms with van der Waals surface area (Å²) in [6.07, 6.45) is 2.16. The van der Waals surface area contributed by atoms with Crippen LogP contribution < -0.4 is 5.32 Å². The Hall–Kier alpha value is -1.54. The summed E-state index contributed by atoms with van der Waals surface area (Å²) in [5, 5.41) is 4.86. The molecule has 0 spiro atoms. The normalized spacial score (nSPS) is 11.4. The van der Waals surface area contributed by atoms with Gasteiger partial charge in [-0.05, 0) is 37.1 Å². The maximum Gasteiger partial charge on any atom is 0.0486 e. The van der Waals surface area contributed by atoms with Gasteiger partial charge in [0.05, 0.1) is 0 Å². The SMILES string of the molecule is C=C(C)Cn1ccc2c(CNCC(C)C)cccc21. The standard InChI is InChI=1S/C17H24N2/c1-13(2)10-18-11-15-6-5-7-17-16(15)8-9-19(17)12-14(3)4/h5-9,13,18H,3,10-12H2,1-2,4H3. The summed E-state index contributed by atoms with van der Waals surface area (Å²) in [5.41, 5.74) is 3.85. The molecule has 0 fully saturated rings. The quantitative estimate of drug-likeness (QED) is 0.774. The highest BCUT2D eigenvalue weighted by molar-refractivity contribution is 5.83. The minimum atomic E-state index is 0.687. The van der Waals surface area contributed by atoms with Crippen LogP contribution in [-0.2, 0) is 13.1 Å². The van der Waals surface area contributed by atoms with Crippen LogP contribution in [0.5, 0.6) is 0 Å². The van der Waals surface area contributed by atoms with Crippen molar-refractivity contribution >= 4 is 10.9 Å². The average molecular weight is 256 g/mol. The van der Waals surface area contributed by atoms with Crippen LogP contribution in [0.15, 0.2) is 42.6 Å². The van der Waals surface area contributed by atoms with E-state index >= 15 is 0 Å². The minimum absolute atomic E-state index is 0.687. The van der Waals surface area contributed by atoms with E-state index in [0.29, 0.717) is 5.92 Å². The molecule has 2 rings (SSSR count). The van der Waals surface area contributed by atoms with E-state index in [9.17, 15) is 0 Å². The summed E-state index contributed by atoms with van der Waals surface area (Å²) >= 11 is 0. The van der Waals surface area contributed by atoms with E-state index in [2.05, 4.69) is 67.7 Å². The van der Waals surface area contributed by atoms with Crippen molar-refractivity contribution in [2.45, 2.75) is 33.9 Å². The number of hydrogen-bond donors (Lipinski definition) is 1. The number of nitrogens with one attached hydrogen (secondary N) is 1. The summed E-state index contributed by atoms with van der Waals surface area (Å²) in [6.45, 7) is 13.4. The van der Waals surface area contributed by atoms with Crippen LogP contribution in [0.3, 0.4) is 0 Å². The molecule has 0 saturated heterocycles. The van der Waals surface area contributed by atoms with Gasteiger partial charge in [0.25, 0.3) is 0 Å². The summed E-state index contributed by atoms with van der Waals surface area (Å²) in [7, 11) is 0. The zero-order chi connectivity index (χ0) is 13.8. The lowest BCUT2D eigenvalue weighted by Gasteiger charge is -2.09. The van der Waals surface area contributed by atoms with Crippen molar-refractivity contribution in [2.75, 3.05) is 6.54 Å². The Morgan fingerprint density at radius 3 is 2.79 bits per heavy atom. The van der Waals surface area contributed by atoms with Gasteiger partial charge in [-0.3, -0.25) is 0 Å². The molecule has 0 amide bonds. The second-order valence-corrected chi connectivity index (χ2v) is 5.78. The fourth-order valence-electron chi connectivity index (χ4n) is 2.37. The lowest BCUT2D eigenvalue weighted by molar-refractivity contribution is 0.553. The van der Waals surface area contributed by atoms with E-state index in [1.54, 1.807) is 0 Å². The Bertz CT molecular complexity index is 564. The fraction of sp³-hybridized carbons (Fsp3) is 0.412. The number of aromatic nitrogens is 1. The van der Waals surface area contributed by atoms with Crippen molar-refractivity contribution < 1.29 is 0 Å². The fourth-order valence-corrected chi connectivity index (χ4v) is 2.37. The largest absolute Gasteiger partial charge is 0.343 e. The molecule has 0 aliphatic rings. The molecule has 1 aromatic carbocycles. The zero-order valence-electron chi connectivity index (χ0n) is 12.2. The predicted molar refractivity (Wildman–Crippen MR) is 83.3 cm³/mol. The smallest absolute Gasteiger partial charge is 0.0486 e. The van der Waals surface area contributed by atoms with Crippen LogP contribution in [-0.4, -0.2) is 11.1 Å². The molecule has 0 atom stereocenters. The molecule has 0 unspecified atom stereocenters. The van der Waals surface area contributed by atoms with Crippen molar-refractivity contribution in [1.29, 1.82) is 0 Å². The van der Waals surface area contributed by atoms with Gasteiger partial charge in [0.2, 0.25) is 0 Å². The first-order valence-electron chi connectivity index (χ1n) is 6.99. The van der Waals surface area contributed by atoms with Gasteiger partial charge in [-0.15, -0.1) is 0 Å². The Morgan fingerprint density at radius 1 is 1.32 bits per heavy atom. The van der Waals surface area contributed by atoms with E-state index < -0.39 is 0 Å². The second kappa shape index (κ2) is 6.07. The Balaban J connectivity index is 2.21. The van der Waals surface area contributed by atoms with Gasteiger partial charge < -0.3 is 9.88 Å². The Morgan fingerprint density at radius 2 is 2.11 bits per heavy atom. The molecule has 0 radical (unpaired) electrons. The van der Waals surface area contributed by atoms with Crippen molar-refractivity contribution in [1.82, 2.24) is 9.88 Å². The molecule has 1 aromatic heterocycles. The van der Waals surface area contributed by atoms with E-state index in [4.69, 9.17) is 0 Å². The number of nitrogens with zero attached hydrogens (tertiary/aromatic N) is 1. The summed E-state index contributed by atoms with van der Waals surface area (Å²) in [6, 6.07) is 8.75. The molecule has 102 valence electrons. The van der Waals surface area contributed by atoms with Crippen LogP contribution in [0.4, 0.5) is 0 Å². The van der Waals surface area contributed by atoms with Gasteiger partial charge in [-0.2, -0.15) is 0 Å². The monoisotopic (exact) mass is 256 g/mol. The maximum atomic E-state index is 4.00. The summed E-state index contributed by atoms with van der Waals surface area (Å²) < 4.78 is 2.27. The zero-order valence-corrected chi connectivity index (χ0v) is 12.2. The highest BCUT2D eigenvalue weighted by Crippen LogP contribution is 2.21. The predicted octanol–water partition coefficient (Wildman–Crippen LogP) is 3.96. The van der Waals surface area contributed by atoms with Crippen LogP contribution in [0.2, 0.25) is 0 Å². The topological polar surface area (TPSA) is 17.0 Å². The lowest BCUT2D eigenvalue weighted by atomic mass is 10.1. The van der Waals surface area contributed by atoms with Gasteiger partial charge >= 0.3 is 0 Å². The molecule has 2 heteroatoms. The van der Waals surface area contributed by atoms with Crippen LogP contribution in [0, 0.1) is 5.92 Å². The third kappa shape index (κ3) is 3.48. The van der Waals surface area contributed by atoms with Crippen molar-refractivity contribution in [3.63, 3.8) is 0 Å². The molecule has 0 saturated carbocycles. The summed E-state index contributed by atoms with van der Waals surface area (Å²) in [4.78, 5) is 0. The van der Waals surface area contributed by atoms with Gasteiger partial charge in [-0.25, -0.2) is 0 Å². The van der Waals surface area contributed by atoms with Gasteiger partial charge in [0.15, 0.2) is 0 Å². The van der Waals surface area contributed by atoms with Crippen molar-refractivity contribution in [2.24, 2.45) is 5.92 Å². The molecule has 0 aliphatic carbocycles. The molecule has 1 N–H and O–H groups in total. The first-order valence-corrected chi connectivity index (χ1v) is 6.99. The number of hydrogen-bond acceptors (Lipinski definition) is 1. The minimum Gasteiger partial charge on any atom is -0.343 e. The molecule has 19 heavy (non-hydrogen) atoms. The average Bonchev–Trinajstić information content (AvgIpc) is 2.72. The van der Waals surface area contributed by atoms with Gasteiger partial charge in [0, 0.05) is 30.2 Å². The van der Waals surface area contributed by atoms with Crippen LogP contribution in [0.1, 0.15) is 26.3 Å². The molecular weight excluding hydrogens is 232 g/mol. The Labute approximate surface area is 116 Å². The number of allylic oxidation sites excluding steroid dienone is 1. The highest BCUT2D eigenvalue weighted by atomic mass is 15.0. The van der Waals surface area contributed by atoms with Crippen LogP contribution >= 0.6 is 0 Å². The van der Waals surface area contributed by atoms with E-state index in [1.165, 1.54) is 22.0 Å². The molecule has 1 heterocycles. The third-order valence-corrected chi connectivity index (χ3v) is 3.21. The van der Waals surface area contributed by atoms with Crippen molar-refractivity contribution in [3.05, 3.63) is 48.2 Å². The first kappa shape index (κ1) is 13.9. The van der Waals surface area contributed by atoms with Gasteiger partial charge in [-0.1, -0.05) is 38.1 Å². The first-order chi connectivity index (χ1) is 9.08. The Kier molecular flexibility index (Phi) is 4.43. The third-order valence-electron chi connectivity index (χ3n) is 3.21. The highest BCUT2D eigenvalue weighted by Gasteiger charge is 2.05. The molecule has 2 nitrogen and oxygen atoms in total. The van der Waals surface area contributed by atoms with Gasteiger partial charge in [0.1, 0.15) is 0 Å². The van der Waals surface area contributed by atoms with Crippen LogP contribution in [0.25, 0.3) is 10.9 Å². The van der Waals surface area contributed by atoms with E-state index in [1.807, 2.05) is 0 Å². The van der Waals surface area contributed by atoms with E-state index in [0.717, 1.165) is 19.6 Å². The number of rotatable bonds is 6. The molecule has 2 aromatic rings. The summed E-state index contributed by atoms with van der Waals surface area (Å²) in [5.74, 6) is 0.687. The number of fused-ring (bicyclic) bond motifs is 1. The second-order valence-electron chi connectivity index (χ2n) is 5.78. The maximum absolute atomic E-state index is 4.00. The molecule has 0 bridgehead atoms. The molecular formula is C17H24N2. The van der Waals surface area contributed by atoms with E-state index in [-0.39, 0.29) is 0 Å². The molecule has 0 aliphatic heterocycles. The van der Waals surface area contributed by atoms with Crippen molar-refractivity contribution in [3.8, 4) is 0 Å². The number of benzene rings is 1. The lowest BCUT2D eigenvalue weighted by Crippen LogP contribution is -2.19.